The van der Waals surface area contributed by atoms with E-state index in [-0.39, 0.29) is 57.6 Å². The zero-order valence-corrected chi connectivity index (χ0v) is 21.5. The Morgan fingerprint density at radius 2 is 1.56 bits per heavy atom. The molecule has 0 aliphatic rings. The summed E-state index contributed by atoms with van der Waals surface area (Å²) in [4.78, 5) is 31.6. The minimum absolute atomic E-state index is 0.0101. The molecule has 0 saturated carbocycles. The molecule has 194 valence electrons. The minimum atomic E-state index is -4.80. The Labute approximate surface area is 207 Å². The van der Waals surface area contributed by atoms with Gasteiger partial charge in [0.15, 0.2) is 18.3 Å². The second-order valence-corrected chi connectivity index (χ2v) is 9.88. The fraction of sp³-hybridized carbons (Fsp3) is 0.320. The molecule has 0 unspecified atom stereocenters. The van der Waals surface area contributed by atoms with Gasteiger partial charge in [-0.3, -0.25) is 4.79 Å². The monoisotopic (exact) mass is 520 g/mol. The molecule has 3 rings (SSSR count). The summed E-state index contributed by atoms with van der Waals surface area (Å²) >= 11 is 0. The topological polar surface area (TPSA) is 156 Å². The largest absolute Gasteiger partial charge is 0.507 e. The minimum Gasteiger partial charge on any atom is -0.507 e. The lowest BCUT2D eigenvalue weighted by atomic mass is 9.98. The number of phenolic OH excluding ortho intramolecular Hbond substituents is 2. The fourth-order valence-electron chi connectivity index (χ4n) is 3.73. The van der Waals surface area contributed by atoms with Crippen LogP contribution in [-0.4, -0.2) is 33.9 Å². The number of allylic oxidation sites excluding steroid dienone is 4. The molecule has 0 aliphatic carbocycles. The average Bonchev–Trinajstić information content (AvgIpc) is 2.75. The number of rotatable bonds is 9. The SMILES string of the molecule is COc1c(O)cc2oc3cc(OCOP(=O)(O)O)c(CC=C(C)C)c(O)c3c(=O)c2c1CC=C(C)C. The van der Waals surface area contributed by atoms with Crippen LogP contribution >= 0.6 is 7.82 Å². The van der Waals surface area contributed by atoms with Gasteiger partial charge in [-0.2, -0.15) is 0 Å². The maximum atomic E-state index is 13.7. The number of phosphoric acid groups is 1. The second-order valence-electron chi connectivity index (χ2n) is 8.64. The van der Waals surface area contributed by atoms with Crippen molar-refractivity contribution in [3.63, 3.8) is 0 Å². The number of benzene rings is 2. The van der Waals surface area contributed by atoms with Gasteiger partial charge in [-0.05, 0) is 40.5 Å². The Hall–Kier alpha value is -3.30. The van der Waals surface area contributed by atoms with E-state index in [9.17, 15) is 19.6 Å². The van der Waals surface area contributed by atoms with Crippen LogP contribution in [0.5, 0.6) is 23.0 Å². The van der Waals surface area contributed by atoms with Crippen LogP contribution in [0.3, 0.4) is 0 Å². The fourth-order valence-corrected chi connectivity index (χ4v) is 3.92. The van der Waals surface area contributed by atoms with Crippen LogP contribution in [0.25, 0.3) is 21.9 Å². The first-order valence-corrected chi connectivity index (χ1v) is 12.5. The predicted molar refractivity (Wildman–Crippen MR) is 135 cm³/mol. The summed E-state index contributed by atoms with van der Waals surface area (Å²) in [6.45, 7) is 6.69. The van der Waals surface area contributed by atoms with E-state index < -0.39 is 25.8 Å². The highest BCUT2D eigenvalue weighted by molar-refractivity contribution is 7.46. The Balaban J connectivity index is 2.36. The Kier molecular flexibility index (Phi) is 8.15. The number of phosphoric ester groups is 1. The zero-order chi connectivity index (χ0) is 26.8. The molecule has 0 saturated heterocycles. The molecule has 2 aromatic carbocycles. The van der Waals surface area contributed by atoms with Gasteiger partial charge in [-0.1, -0.05) is 23.3 Å². The van der Waals surface area contributed by atoms with E-state index in [2.05, 4.69) is 4.52 Å². The van der Waals surface area contributed by atoms with Crippen molar-refractivity contribution >= 4 is 29.8 Å². The van der Waals surface area contributed by atoms with Crippen LogP contribution in [0.2, 0.25) is 0 Å². The highest BCUT2D eigenvalue weighted by Crippen LogP contribution is 2.42. The van der Waals surface area contributed by atoms with Gasteiger partial charge in [0.05, 0.1) is 12.5 Å². The van der Waals surface area contributed by atoms with Gasteiger partial charge < -0.3 is 33.9 Å². The molecule has 0 bridgehead atoms. The summed E-state index contributed by atoms with van der Waals surface area (Å²) in [6, 6.07) is 2.59. The highest BCUT2D eigenvalue weighted by atomic mass is 31.2. The van der Waals surface area contributed by atoms with Gasteiger partial charge in [0, 0.05) is 23.3 Å². The number of ether oxygens (including phenoxy) is 2. The van der Waals surface area contributed by atoms with Crippen molar-refractivity contribution in [1.82, 2.24) is 0 Å². The van der Waals surface area contributed by atoms with Crippen molar-refractivity contribution in [2.75, 3.05) is 13.9 Å². The first kappa shape index (κ1) is 27.3. The molecule has 36 heavy (non-hydrogen) atoms. The molecule has 0 atom stereocenters. The van der Waals surface area contributed by atoms with Crippen LogP contribution in [0, 0.1) is 0 Å². The van der Waals surface area contributed by atoms with E-state index in [0.717, 1.165) is 11.1 Å². The van der Waals surface area contributed by atoms with Crippen molar-refractivity contribution in [1.29, 1.82) is 0 Å². The first-order valence-electron chi connectivity index (χ1n) is 11.0. The molecule has 0 fully saturated rings. The van der Waals surface area contributed by atoms with Crippen LogP contribution in [0.15, 0.2) is 44.6 Å². The number of hydrogen-bond acceptors (Lipinski definition) is 8. The summed E-state index contributed by atoms with van der Waals surface area (Å²) in [5.41, 5.74) is 2.03. The molecule has 11 heteroatoms. The number of phenols is 2. The third-order valence-electron chi connectivity index (χ3n) is 5.39. The van der Waals surface area contributed by atoms with Gasteiger partial charge >= 0.3 is 7.82 Å². The lowest BCUT2D eigenvalue weighted by molar-refractivity contribution is 0.0822. The van der Waals surface area contributed by atoms with E-state index in [0.29, 0.717) is 5.56 Å². The standard InChI is InChI=1S/C25H29O10P/c1-13(2)6-8-15-18(33-12-34-36(29,30)31)11-20-22(23(15)27)24(28)21-16(9-7-14(3)4)25(32-5)17(26)10-19(21)35-20/h6-7,10-11,26-27H,8-9,12H2,1-5H3,(H2,29,30,31). The van der Waals surface area contributed by atoms with Crippen molar-refractivity contribution in [3.05, 3.63) is 56.8 Å². The molecule has 4 N–H and O–H groups in total. The Morgan fingerprint density at radius 1 is 0.972 bits per heavy atom. The van der Waals surface area contributed by atoms with Gasteiger partial charge in [0.1, 0.15) is 28.1 Å². The maximum absolute atomic E-state index is 13.7. The van der Waals surface area contributed by atoms with Crippen molar-refractivity contribution < 1.29 is 43.0 Å². The summed E-state index contributed by atoms with van der Waals surface area (Å²) < 4.78 is 32.1. The number of fused-ring (bicyclic) bond motifs is 2. The van der Waals surface area contributed by atoms with Gasteiger partial charge in [0.25, 0.3) is 0 Å². The van der Waals surface area contributed by atoms with Gasteiger partial charge in [-0.25, -0.2) is 9.09 Å². The first-order chi connectivity index (χ1) is 16.8. The quantitative estimate of drug-likeness (QED) is 0.133. The van der Waals surface area contributed by atoms with Crippen LogP contribution in [0.4, 0.5) is 0 Å². The summed E-state index contributed by atoms with van der Waals surface area (Å²) in [6.07, 6.45) is 4.11. The molecular weight excluding hydrogens is 491 g/mol. The normalized spacial score (nSPS) is 11.5. The lowest BCUT2D eigenvalue weighted by Gasteiger charge is -2.16. The molecule has 0 amide bonds. The molecule has 1 aromatic heterocycles. The molecule has 1 heterocycles. The third-order valence-corrected chi connectivity index (χ3v) is 5.84. The van der Waals surface area contributed by atoms with Gasteiger partial charge in [0.2, 0.25) is 5.43 Å². The van der Waals surface area contributed by atoms with E-state index in [1.54, 1.807) is 6.08 Å². The summed E-state index contributed by atoms with van der Waals surface area (Å²) in [7, 11) is -3.42. The Bertz CT molecular complexity index is 1470. The average molecular weight is 520 g/mol. The highest BCUT2D eigenvalue weighted by Gasteiger charge is 2.24. The number of methoxy groups -OCH3 is 1. The van der Waals surface area contributed by atoms with E-state index in [1.807, 2.05) is 33.8 Å². The summed E-state index contributed by atoms with van der Waals surface area (Å²) in [5, 5.41) is 21.7. The molecule has 0 spiro atoms. The zero-order valence-electron chi connectivity index (χ0n) is 20.6. The molecule has 10 nitrogen and oxygen atoms in total. The number of aromatic hydroxyl groups is 2. The van der Waals surface area contributed by atoms with Crippen molar-refractivity contribution in [2.45, 2.75) is 40.5 Å². The van der Waals surface area contributed by atoms with Crippen LogP contribution < -0.4 is 14.9 Å². The van der Waals surface area contributed by atoms with Gasteiger partial charge in [-0.15, -0.1) is 0 Å². The third kappa shape index (κ3) is 5.91. The smallest absolute Gasteiger partial charge is 0.472 e. The van der Waals surface area contributed by atoms with E-state index in [1.165, 1.54) is 19.2 Å². The maximum Gasteiger partial charge on any atom is 0.472 e. The van der Waals surface area contributed by atoms with E-state index >= 15 is 0 Å². The van der Waals surface area contributed by atoms with Crippen molar-refractivity contribution in [2.24, 2.45) is 0 Å². The second kappa shape index (κ2) is 10.8. The summed E-state index contributed by atoms with van der Waals surface area (Å²) in [5.74, 6) is -0.478. The van der Waals surface area contributed by atoms with Crippen molar-refractivity contribution in [3.8, 4) is 23.0 Å². The van der Waals surface area contributed by atoms with Crippen LogP contribution in [0.1, 0.15) is 38.8 Å². The predicted octanol–water partition coefficient (Wildman–Crippen LogP) is 4.83. The molecular formula is C25H29O10P. The van der Waals surface area contributed by atoms with E-state index in [4.69, 9.17) is 23.7 Å². The lowest BCUT2D eigenvalue weighted by Crippen LogP contribution is -2.09. The molecule has 3 aromatic rings. The molecule has 0 radical (unpaired) electrons. The number of hydrogen-bond donors (Lipinski definition) is 4. The Morgan fingerprint density at radius 3 is 2.11 bits per heavy atom. The molecule has 0 aliphatic heterocycles. The van der Waals surface area contributed by atoms with Crippen LogP contribution in [-0.2, 0) is 21.9 Å².